The number of aryl methyl sites for hydroxylation is 1. The molecule has 0 fully saturated rings. The summed E-state index contributed by atoms with van der Waals surface area (Å²) in [6, 6.07) is 11.2. The topological polar surface area (TPSA) is 62.5 Å². The lowest BCUT2D eigenvalue weighted by atomic mass is 10.0. The van der Waals surface area contributed by atoms with E-state index in [-0.39, 0.29) is 12.5 Å². The zero-order chi connectivity index (χ0) is 15.3. The normalized spacial score (nSPS) is 14.0. The lowest BCUT2D eigenvalue weighted by Gasteiger charge is -2.20. The maximum Gasteiger partial charge on any atom is 0.244 e. The molecule has 4 heteroatoms. The minimum atomic E-state index is -1.23. The van der Waals surface area contributed by atoms with Gasteiger partial charge in [0.2, 0.25) is 5.91 Å². The van der Waals surface area contributed by atoms with Gasteiger partial charge in [-0.1, -0.05) is 29.8 Å². The summed E-state index contributed by atoms with van der Waals surface area (Å²) >= 11 is 0. The fraction of sp³-hybridized carbons (Fsp3) is 0.235. The largest absolute Gasteiger partial charge is 0.466 e. The maximum atomic E-state index is 11.8. The van der Waals surface area contributed by atoms with Gasteiger partial charge in [-0.2, -0.15) is 0 Å². The molecular weight excluding hydrogens is 266 g/mol. The SMILES string of the molecule is Cc1cccc(C=CC(=O)NCC(C)(O)c2ccco2)c1. The summed E-state index contributed by atoms with van der Waals surface area (Å²) in [5.74, 6) is 0.161. The van der Waals surface area contributed by atoms with Crippen molar-refractivity contribution >= 4 is 12.0 Å². The van der Waals surface area contributed by atoms with E-state index in [4.69, 9.17) is 4.42 Å². The van der Waals surface area contributed by atoms with Crippen LogP contribution in [0.25, 0.3) is 6.08 Å². The van der Waals surface area contributed by atoms with Crippen molar-refractivity contribution in [3.63, 3.8) is 0 Å². The van der Waals surface area contributed by atoms with Crippen LogP contribution in [0.3, 0.4) is 0 Å². The van der Waals surface area contributed by atoms with E-state index >= 15 is 0 Å². The molecule has 1 heterocycles. The lowest BCUT2D eigenvalue weighted by molar-refractivity contribution is -0.117. The molecule has 1 aromatic carbocycles. The van der Waals surface area contributed by atoms with Crippen LogP contribution in [0.1, 0.15) is 23.8 Å². The summed E-state index contributed by atoms with van der Waals surface area (Å²) in [4.78, 5) is 11.8. The number of aliphatic hydroxyl groups is 1. The molecule has 0 aliphatic heterocycles. The number of furan rings is 1. The average molecular weight is 285 g/mol. The zero-order valence-corrected chi connectivity index (χ0v) is 12.2. The summed E-state index contributed by atoms with van der Waals surface area (Å²) in [5.41, 5.74) is 0.873. The third kappa shape index (κ3) is 4.33. The molecule has 1 unspecified atom stereocenters. The van der Waals surface area contributed by atoms with Crippen molar-refractivity contribution in [1.82, 2.24) is 5.32 Å². The fourth-order valence-electron chi connectivity index (χ4n) is 1.94. The number of rotatable bonds is 5. The smallest absolute Gasteiger partial charge is 0.244 e. The highest BCUT2D eigenvalue weighted by atomic mass is 16.4. The van der Waals surface area contributed by atoms with Crippen LogP contribution in [0.2, 0.25) is 0 Å². The Bertz CT molecular complexity index is 627. The molecule has 21 heavy (non-hydrogen) atoms. The van der Waals surface area contributed by atoms with E-state index < -0.39 is 5.60 Å². The zero-order valence-electron chi connectivity index (χ0n) is 12.2. The second kappa shape index (κ2) is 6.41. The van der Waals surface area contributed by atoms with Crippen LogP contribution in [0.4, 0.5) is 0 Å². The lowest BCUT2D eigenvalue weighted by Crippen LogP contribution is -2.37. The minimum absolute atomic E-state index is 0.0809. The van der Waals surface area contributed by atoms with Gasteiger partial charge in [0.1, 0.15) is 11.4 Å². The molecule has 0 bridgehead atoms. The van der Waals surface area contributed by atoms with Gasteiger partial charge < -0.3 is 14.8 Å². The van der Waals surface area contributed by atoms with Crippen molar-refractivity contribution in [3.8, 4) is 0 Å². The summed E-state index contributed by atoms with van der Waals surface area (Å²) in [6.07, 6.45) is 4.68. The monoisotopic (exact) mass is 285 g/mol. The van der Waals surface area contributed by atoms with Gasteiger partial charge in [-0.15, -0.1) is 0 Å². The van der Waals surface area contributed by atoms with Gasteiger partial charge in [-0.25, -0.2) is 0 Å². The highest BCUT2D eigenvalue weighted by Crippen LogP contribution is 2.19. The summed E-state index contributed by atoms with van der Waals surface area (Å²) in [7, 11) is 0. The van der Waals surface area contributed by atoms with E-state index in [0.29, 0.717) is 5.76 Å². The van der Waals surface area contributed by atoms with Crippen LogP contribution in [0.15, 0.2) is 53.2 Å². The molecule has 2 N–H and O–H groups in total. The van der Waals surface area contributed by atoms with E-state index in [1.807, 2.05) is 31.2 Å². The van der Waals surface area contributed by atoms with Crippen LogP contribution in [0, 0.1) is 6.92 Å². The van der Waals surface area contributed by atoms with Gasteiger partial charge in [0, 0.05) is 6.08 Å². The first-order valence-corrected chi connectivity index (χ1v) is 6.76. The van der Waals surface area contributed by atoms with Crippen LogP contribution in [-0.4, -0.2) is 17.6 Å². The second-order valence-corrected chi connectivity index (χ2v) is 5.22. The van der Waals surface area contributed by atoms with Gasteiger partial charge in [0.05, 0.1) is 12.8 Å². The van der Waals surface area contributed by atoms with E-state index in [2.05, 4.69) is 5.32 Å². The molecule has 2 rings (SSSR count). The first-order chi connectivity index (χ1) is 9.97. The van der Waals surface area contributed by atoms with Crippen molar-refractivity contribution in [3.05, 3.63) is 65.6 Å². The Morgan fingerprint density at radius 3 is 2.86 bits per heavy atom. The Morgan fingerprint density at radius 2 is 2.19 bits per heavy atom. The Kier molecular flexibility index (Phi) is 4.60. The van der Waals surface area contributed by atoms with Crippen molar-refractivity contribution in [2.45, 2.75) is 19.4 Å². The Hall–Kier alpha value is -2.33. The van der Waals surface area contributed by atoms with Gasteiger partial charge >= 0.3 is 0 Å². The molecule has 4 nitrogen and oxygen atoms in total. The number of nitrogens with one attached hydrogen (secondary N) is 1. The number of carbonyl (C=O) groups excluding carboxylic acids is 1. The van der Waals surface area contributed by atoms with E-state index in [9.17, 15) is 9.90 Å². The van der Waals surface area contributed by atoms with Crippen molar-refractivity contribution in [2.24, 2.45) is 0 Å². The molecule has 0 radical (unpaired) electrons. The molecule has 0 saturated carbocycles. The maximum absolute atomic E-state index is 11.8. The Balaban J connectivity index is 1.90. The van der Waals surface area contributed by atoms with Crippen molar-refractivity contribution in [2.75, 3.05) is 6.54 Å². The standard InChI is InChI=1S/C17H19NO3/c1-13-5-3-6-14(11-13)8-9-16(19)18-12-17(2,20)15-7-4-10-21-15/h3-11,20H,12H2,1-2H3,(H,18,19). The van der Waals surface area contributed by atoms with Crippen LogP contribution >= 0.6 is 0 Å². The molecule has 1 atom stereocenters. The van der Waals surface area contributed by atoms with E-state index in [1.165, 1.54) is 12.3 Å². The van der Waals surface area contributed by atoms with Crippen LogP contribution in [0.5, 0.6) is 0 Å². The van der Waals surface area contributed by atoms with Gasteiger partial charge in [-0.05, 0) is 37.6 Å². The first-order valence-electron chi connectivity index (χ1n) is 6.76. The second-order valence-electron chi connectivity index (χ2n) is 5.22. The summed E-state index contributed by atoms with van der Waals surface area (Å²) in [5, 5.41) is 12.9. The molecule has 1 amide bonds. The predicted octanol–water partition coefficient (Wildman–Crippen LogP) is 2.63. The van der Waals surface area contributed by atoms with E-state index in [0.717, 1.165) is 11.1 Å². The first kappa shape index (κ1) is 15.1. The molecule has 0 aliphatic carbocycles. The molecule has 2 aromatic rings. The molecule has 1 aromatic heterocycles. The quantitative estimate of drug-likeness (QED) is 0.830. The third-order valence-electron chi connectivity index (χ3n) is 3.13. The fourth-order valence-corrected chi connectivity index (χ4v) is 1.94. The van der Waals surface area contributed by atoms with Crippen LogP contribution in [-0.2, 0) is 10.4 Å². The predicted molar refractivity (Wildman–Crippen MR) is 81.5 cm³/mol. The highest BCUT2D eigenvalue weighted by Gasteiger charge is 2.26. The summed E-state index contributed by atoms with van der Waals surface area (Å²) < 4.78 is 5.15. The average Bonchev–Trinajstić information content (AvgIpc) is 2.98. The van der Waals surface area contributed by atoms with Gasteiger partial charge in [-0.3, -0.25) is 4.79 Å². The minimum Gasteiger partial charge on any atom is -0.466 e. The molecular formula is C17H19NO3. The molecule has 0 saturated heterocycles. The van der Waals surface area contributed by atoms with Gasteiger partial charge in [0.25, 0.3) is 0 Å². The van der Waals surface area contributed by atoms with Gasteiger partial charge in [0.15, 0.2) is 0 Å². The Morgan fingerprint density at radius 1 is 1.38 bits per heavy atom. The highest BCUT2D eigenvalue weighted by molar-refractivity contribution is 5.91. The third-order valence-corrected chi connectivity index (χ3v) is 3.13. The number of hydrogen-bond donors (Lipinski definition) is 2. The number of amides is 1. The number of benzene rings is 1. The number of carbonyl (C=O) groups is 1. The molecule has 110 valence electrons. The van der Waals surface area contributed by atoms with Crippen LogP contribution < -0.4 is 5.32 Å². The van der Waals surface area contributed by atoms with Crippen molar-refractivity contribution in [1.29, 1.82) is 0 Å². The summed E-state index contributed by atoms with van der Waals surface area (Å²) in [6.45, 7) is 3.67. The molecule has 0 aliphatic rings. The van der Waals surface area contributed by atoms with Crippen molar-refractivity contribution < 1.29 is 14.3 Å². The molecule has 0 spiro atoms. The number of hydrogen-bond acceptors (Lipinski definition) is 3. The van der Waals surface area contributed by atoms with E-state index in [1.54, 1.807) is 25.1 Å². The Labute approximate surface area is 124 Å².